The first-order valence-corrected chi connectivity index (χ1v) is 24.5. The van der Waals surface area contributed by atoms with Crippen LogP contribution in [-0.4, -0.2) is 8.07 Å². The Hall–Kier alpha value is -6.88. The lowest BCUT2D eigenvalue weighted by Crippen LogP contribution is -2.37. The number of nitrogens with zero attached hydrogens (tertiary/aromatic N) is 2. The smallest absolute Gasteiger partial charge is 0.137 e. The predicted molar refractivity (Wildman–Crippen MR) is 257 cm³/mol. The van der Waals surface area contributed by atoms with Crippen LogP contribution in [0, 0.1) is 0 Å². The fourth-order valence-corrected chi connectivity index (χ4v) is 10.8. The van der Waals surface area contributed by atoms with E-state index < -0.39 is 8.07 Å². The number of fused-ring (bicyclic) bond motifs is 7. The third-order valence-corrected chi connectivity index (χ3v) is 14.8. The molecule has 11 rings (SSSR count). The van der Waals surface area contributed by atoms with Gasteiger partial charge < -0.3 is 14.5 Å². The quantitative estimate of drug-likeness (QED) is 0.118. The average molecular weight is 791 g/mol. The van der Waals surface area contributed by atoms with Crippen LogP contribution in [-0.2, 0) is 5.41 Å². The molecule has 290 valence electrons. The molecule has 0 spiro atoms. The largest absolute Gasteiger partial charge is 0.456 e. The zero-order chi connectivity index (χ0) is 40.8. The summed E-state index contributed by atoms with van der Waals surface area (Å²) in [6, 6.07) is 68.9. The van der Waals surface area contributed by atoms with Crippen LogP contribution in [0.1, 0.15) is 25.0 Å². The minimum Gasteiger partial charge on any atom is -0.456 e. The van der Waals surface area contributed by atoms with Gasteiger partial charge in [-0.05, 0) is 129 Å². The molecule has 1 aliphatic carbocycles. The molecule has 0 amide bonds. The van der Waals surface area contributed by atoms with E-state index in [-0.39, 0.29) is 5.41 Å². The van der Waals surface area contributed by atoms with Crippen LogP contribution in [0.25, 0.3) is 43.8 Å². The summed E-state index contributed by atoms with van der Waals surface area (Å²) in [6.45, 7) is 11.9. The number of anilines is 6. The highest BCUT2D eigenvalue weighted by Crippen LogP contribution is 2.53. The van der Waals surface area contributed by atoms with Crippen molar-refractivity contribution in [2.24, 2.45) is 0 Å². The zero-order valence-electron chi connectivity index (χ0n) is 34.7. The van der Waals surface area contributed by atoms with E-state index in [1.807, 2.05) is 0 Å². The lowest BCUT2D eigenvalue weighted by Gasteiger charge is -2.29. The number of rotatable bonds is 7. The summed E-state index contributed by atoms with van der Waals surface area (Å²) >= 11 is 0. The molecule has 9 aromatic carbocycles. The van der Waals surface area contributed by atoms with Crippen LogP contribution >= 0.6 is 0 Å². The Bertz CT molecular complexity index is 3130. The summed E-state index contributed by atoms with van der Waals surface area (Å²) < 4.78 is 6.90. The van der Waals surface area contributed by atoms with Gasteiger partial charge in [-0.2, -0.15) is 0 Å². The first-order chi connectivity index (χ1) is 29.1. The molecule has 0 fully saturated rings. The summed E-state index contributed by atoms with van der Waals surface area (Å²) in [5, 5.41) is 6.17. The molecular formula is C56H46N2OSi. The number of benzene rings is 9. The van der Waals surface area contributed by atoms with Crippen molar-refractivity contribution in [1.82, 2.24) is 0 Å². The van der Waals surface area contributed by atoms with Crippen LogP contribution < -0.4 is 19.7 Å². The second kappa shape index (κ2) is 13.6. The van der Waals surface area contributed by atoms with Gasteiger partial charge in [0, 0.05) is 56.6 Å². The van der Waals surface area contributed by atoms with Crippen LogP contribution in [0.5, 0.6) is 11.5 Å². The topological polar surface area (TPSA) is 15.7 Å². The monoisotopic (exact) mass is 790 g/mol. The van der Waals surface area contributed by atoms with Crippen molar-refractivity contribution in [1.29, 1.82) is 0 Å². The molecule has 9 aromatic rings. The lowest BCUT2D eigenvalue weighted by atomic mass is 9.82. The van der Waals surface area contributed by atoms with Gasteiger partial charge in [-0.25, -0.2) is 0 Å². The number of ether oxygens (including phenoxy) is 1. The van der Waals surface area contributed by atoms with Gasteiger partial charge in [0.2, 0.25) is 0 Å². The molecule has 1 aliphatic heterocycles. The normalized spacial score (nSPS) is 13.3. The Morgan fingerprint density at radius 2 is 0.967 bits per heavy atom. The van der Waals surface area contributed by atoms with Crippen molar-refractivity contribution < 1.29 is 4.74 Å². The molecule has 0 saturated carbocycles. The molecule has 0 unspecified atom stereocenters. The van der Waals surface area contributed by atoms with Crippen molar-refractivity contribution in [3.05, 3.63) is 199 Å². The van der Waals surface area contributed by atoms with Gasteiger partial charge in [0.05, 0.1) is 8.07 Å². The molecule has 0 atom stereocenters. The molecular weight excluding hydrogens is 745 g/mol. The Labute approximate surface area is 353 Å². The number of hydrogen-bond acceptors (Lipinski definition) is 3. The maximum Gasteiger partial charge on any atom is 0.137 e. The van der Waals surface area contributed by atoms with E-state index in [4.69, 9.17) is 4.74 Å². The van der Waals surface area contributed by atoms with Gasteiger partial charge in [-0.15, -0.1) is 0 Å². The summed E-state index contributed by atoms with van der Waals surface area (Å²) in [5.41, 5.74) is 14.3. The second-order valence-electron chi connectivity index (χ2n) is 17.8. The summed E-state index contributed by atoms with van der Waals surface area (Å²) in [7, 11) is -1.45. The fourth-order valence-electron chi connectivity index (χ4n) is 9.67. The van der Waals surface area contributed by atoms with Crippen LogP contribution in [0.3, 0.4) is 0 Å². The van der Waals surface area contributed by atoms with E-state index in [9.17, 15) is 0 Å². The van der Waals surface area contributed by atoms with Crippen LogP contribution in [0.15, 0.2) is 188 Å². The highest BCUT2D eigenvalue weighted by molar-refractivity contribution is 6.88. The minimum atomic E-state index is -1.45. The van der Waals surface area contributed by atoms with Crippen molar-refractivity contribution in [2.75, 3.05) is 9.80 Å². The molecule has 3 nitrogen and oxygen atoms in total. The van der Waals surface area contributed by atoms with Gasteiger partial charge in [-0.1, -0.05) is 136 Å². The maximum atomic E-state index is 6.90. The maximum absolute atomic E-state index is 6.90. The third kappa shape index (κ3) is 5.77. The van der Waals surface area contributed by atoms with E-state index in [0.29, 0.717) is 0 Å². The zero-order valence-corrected chi connectivity index (χ0v) is 35.7. The summed E-state index contributed by atoms with van der Waals surface area (Å²) in [6.07, 6.45) is 0. The fraction of sp³-hybridized carbons (Fsp3) is 0.107. The standard InChI is InChI=1S/C56H46N2OSi/c1-56(2)51-21-13-12-19-45(51)46-31-27-42(35-52(46)56)58(39-17-10-7-11-18-39)41-24-23-37-33-50-47-32-28-43(36-54(47)59-53-22-14-20-48(55(50)53)49(37)34-41)57(38-15-8-6-9-16-38)40-25-29-44(30-26-40)60(3,4)5/h6-36H,1-5H3. The lowest BCUT2D eigenvalue weighted by molar-refractivity contribution is 0.487. The Balaban J connectivity index is 1.03. The summed E-state index contributed by atoms with van der Waals surface area (Å²) in [4.78, 5) is 4.73. The predicted octanol–water partition coefficient (Wildman–Crippen LogP) is 15.6. The first-order valence-electron chi connectivity index (χ1n) is 21.0. The Morgan fingerprint density at radius 3 is 1.68 bits per heavy atom. The minimum absolute atomic E-state index is 0.0969. The van der Waals surface area contributed by atoms with E-state index in [1.54, 1.807) is 0 Å². The molecule has 0 radical (unpaired) electrons. The van der Waals surface area contributed by atoms with Crippen LogP contribution in [0.4, 0.5) is 34.1 Å². The number of hydrogen-bond donors (Lipinski definition) is 0. The van der Waals surface area contributed by atoms with Gasteiger partial charge in [0.15, 0.2) is 0 Å². The molecule has 0 bridgehead atoms. The van der Waals surface area contributed by atoms with E-state index in [1.165, 1.54) is 49.2 Å². The Kier molecular flexibility index (Phi) is 8.20. The summed E-state index contributed by atoms with van der Waals surface area (Å²) in [5.74, 6) is 1.74. The molecule has 4 heteroatoms. The molecule has 0 aromatic heterocycles. The van der Waals surface area contributed by atoms with E-state index in [0.717, 1.165) is 56.6 Å². The molecule has 2 aliphatic rings. The van der Waals surface area contributed by atoms with Gasteiger partial charge in [-0.3, -0.25) is 0 Å². The average Bonchev–Trinajstić information content (AvgIpc) is 3.50. The first kappa shape index (κ1) is 36.2. The van der Waals surface area contributed by atoms with Gasteiger partial charge >= 0.3 is 0 Å². The van der Waals surface area contributed by atoms with E-state index in [2.05, 4.69) is 231 Å². The second-order valence-corrected chi connectivity index (χ2v) is 22.9. The SMILES string of the molecule is CC1(C)c2ccccc2-c2ccc(N(c3ccccc3)c3ccc4cc5c6c(cccc6c4c3)Oc3cc(N(c4ccccc4)c4ccc([Si](C)(C)C)cc4)ccc3-5)cc21. The number of para-hydroxylation sites is 2. The van der Waals surface area contributed by atoms with Crippen molar-refractivity contribution >= 4 is 68.9 Å². The third-order valence-electron chi connectivity index (χ3n) is 12.8. The molecule has 1 heterocycles. The molecule has 0 saturated heterocycles. The van der Waals surface area contributed by atoms with Crippen molar-refractivity contribution in [3.8, 4) is 33.8 Å². The Morgan fingerprint density at radius 1 is 0.400 bits per heavy atom. The molecule has 60 heavy (non-hydrogen) atoms. The van der Waals surface area contributed by atoms with Crippen molar-refractivity contribution in [2.45, 2.75) is 38.9 Å². The van der Waals surface area contributed by atoms with Gasteiger partial charge in [0.25, 0.3) is 0 Å². The van der Waals surface area contributed by atoms with Gasteiger partial charge in [0.1, 0.15) is 11.5 Å². The molecule has 0 N–H and O–H groups in total. The highest BCUT2D eigenvalue weighted by atomic mass is 28.3. The van der Waals surface area contributed by atoms with Crippen LogP contribution in [0.2, 0.25) is 19.6 Å². The highest BCUT2D eigenvalue weighted by Gasteiger charge is 2.36. The van der Waals surface area contributed by atoms with Crippen molar-refractivity contribution in [3.63, 3.8) is 0 Å². The van der Waals surface area contributed by atoms with E-state index >= 15 is 0 Å².